The summed E-state index contributed by atoms with van der Waals surface area (Å²) in [6.07, 6.45) is 0. The highest BCUT2D eigenvalue weighted by Gasteiger charge is 2.09. The van der Waals surface area contributed by atoms with Gasteiger partial charge < -0.3 is 20.6 Å². The molecule has 0 fully saturated rings. The number of anilines is 1. The second kappa shape index (κ2) is 4.52. The van der Waals surface area contributed by atoms with E-state index < -0.39 is 0 Å². The smallest absolute Gasteiger partial charge is 0.128 e. The zero-order chi connectivity index (χ0) is 14.1. The van der Waals surface area contributed by atoms with E-state index in [1.165, 1.54) is 0 Å². The van der Waals surface area contributed by atoms with E-state index in [1.807, 2.05) is 6.07 Å². The predicted molar refractivity (Wildman–Crippen MR) is 75.6 cm³/mol. The van der Waals surface area contributed by atoms with Gasteiger partial charge in [0, 0.05) is 10.9 Å². The Morgan fingerprint density at radius 2 is 1.80 bits per heavy atom. The van der Waals surface area contributed by atoms with Gasteiger partial charge in [0.2, 0.25) is 0 Å². The fourth-order valence-corrected chi connectivity index (χ4v) is 2.03. The third kappa shape index (κ3) is 1.99. The van der Waals surface area contributed by atoms with Crippen LogP contribution < -0.4 is 10.5 Å². The number of aromatic amines is 1. The number of hydrogen-bond donors (Lipinski definition) is 3. The molecule has 5 nitrogen and oxygen atoms in total. The maximum absolute atomic E-state index is 9.23. The molecule has 20 heavy (non-hydrogen) atoms. The van der Waals surface area contributed by atoms with Gasteiger partial charge in [0.25, 0.3) is 0 Å². The summed E-state index contributed by atoms with van der Waals surface area (Å²) in [4.78, 5) is 2.94. The first-order valence-electron chi connectivity index (χ1n) is 5.95. The number of aromatic hydroxyl groups is 1. The molecular formula is C15H11N3O2. The molecular weight excluding hydrogens is 254 g/mol. The number of nitrogen functional groups attached to an aromatic ring is 1. The SMILES string of the molecule is N#Cc1c(N)[nH]c2ccc(Oc3ccc(O)cc3)cc12. The maximum atomic E-state index is 9.23. The van der Waals surface area contributed by atoms with E-state index in [9.17, 15) is 5.11 Å². The summed E-state index contributed by atoms with van der Waals surface area (Å²) in [5.74, 6) is 1.73. The maximum Gasteiger partial charge on any atom is 0.128 e. The van der Waals surface area contributed by atoms with Gasteiger partial charge in [-0.2, -0.15) is 5.26 Å². The molecule has 3 aromatic rings. The van der Waals surface area contributed by atoms with Crippen molar-refractivity contribution in [1.29, 1.82) is 5.26 Å². The van der Waals surface area contributed by atoms with E-state index in [0.717, 1.165) is 10.9 Å². The first kappa shape index (κ1) is 11.9. The van der Waals surface area contributed by atoms with E-state index >= 15 is 0 Å². The van der Waals surface area contributed by atoms with Crippen LogP contribution in [0.25, 0.3) is 10.9 Å². The minimum Gasteiger partial charge on any atom is -0.508 e. The highest BCUT2D eigenvalue weighted by Crippen LogP contribution is 2.30. The van der Waals surface area contributed by atoms with E-state index in [1.54, 1.807) is 36.4 Å². The molecule has 1 aromatic heterocycles. The molecule has 4 N–H and O–H groups in total. The van der Waals surface area contributed by atoms with Gasteiger partial charge in [-0.3, -0.25) is 0 Å². The minimum absolute atomic E-state index is 0.179. The third-order valence-electron chi connectivity index (χ3n) is 2.98. The van der Waals surface area contributed by atoms with E-state index in [2.05, 4.69) is 11.1 Å². The van der Waals surface area contributed by atoms with Gasteiger partial charge >= 0.3 is 0 Å². The monoisotopic (exact) mass is 265 g/mol. The first-order chi connectivity index (χ1) is 9.67. The van der Waals surface area contributed by atoms with Crippen molar-refractivity contribution >= 4 is 16.7 Å². The zero-order valence-corrected chi connectivity index (χ0v) is 10.4. The van der Waals surface area contributed by atoms with Gasteiger partial charge in [-0.1, -0.05) is 0 Å². The summed E-state index contributed by atoms with van der Waals surface area (Å²) >= 11 is 0. The average Bonchev–Trinajstić information content (AvgIpc) is 2.76. The Kier molecular flexibility index (Phi) is 2.70. The molecule has 0 aliphatic heterocycles. The Balaban J connectivity index is 2.00. The molecule has 0 spiro atoms. The number of rotatable bonds is 2. The van der Waals surface area contributed by atoms with Gasteiger partial charge in [0.15, 0.2) is 0 Å². The molecule has 0 atom stereocenters. The van der Waals surface area contributed by atoms with Crippen molar-refractivity contribution in [2.24, 2.45) is 0 Å². The van der Waals surface area contributed by atoms with Crippen LogP contribution in [0.3, 0.4) is 0 Å². The topological polar surface area (TPSA) is 95.1 Å². The van der Waals surface area contributed by atoms with Crippen LogP contribution in [0.2, 0.25) is 0 Å². The number of hydrogen-bond acceptors (Lipinski definition) is 4. The number of aromatic nitrogens is 1. The number of nitriles is 1. The molecule has 3 rings (SSSR count). The molecule has 0 aliphatic rings. The summed E-state index contributed by atoms with van der Waals surface area (Å²) in [7, 11) is 0. The summed E-state index contributed by atoms with van der Waals surface area (Å²) in [5, 5.41) is 19.0. The first-order valence-corrected chi connectivity index (χ1v) is 5.95. The van der Waals surface area contributed by atoms with Gasteiger partial charge in [-0.05, 0) is 42.5 Å². The lowest BCUT2D eigenvalue weighted by atomic mass is 10.2. The zero-order valence-electron chi connectivity index (χ0n) is 10.4. The fraction of sp³-hybridized carbons (Fsp3) is 0. The lowest BCUT2D eigenvalue weighted by Crippen LogP contribution is -1.86. The van der Waals surface area contributed by atoms with Crippen molar-refractivity contribution < 1.29 is 9.84 Å². The summed E-state index contributed by atoms with van der Waals surface area (Å²) in [5.41, 5.74) is 6.94. The summed E-state index contributed by atoms with van der Waals surface area (Å²) in [6, 6.07) is 13.8. The Morgan fingerprint density at radius 1 is 1.10 bits per heavy atom. The second-order valence-corrected chi connectivity index (χ2v) is 4.33. The molecule has 5 heteroatoms. The lowest BCUT2D eigenvalue weighted by Gasteiger charge is -2.05. The standard InChI is InChI=1S/C15H11N3O2/c16-8-13-12-7-11(5-6-14(12)18-15(13)17)20-10-3-1-9(19)2-4-10/h1-7,18-19H,17H2. The van der Waals surface area contributed by atoms with E-state index in [4.69, 9.17) is 15.7 Å². The number of phenolic OH excluding ortho intramolecular Hbond substituents is 1. The van der Waals surface area contributed by atoms with Crippen LogP contribution in [-0.2, 0) is 0 Å². The third-order valence-corrected chi connectivity index (χ3v) is 2.98. The molecule has 0 amide bonds. The minimum atomic E-state index is 0.179. The van der Waals surface area contributed by atoms with Crippen LogP contribution in [0.15, 0.2) is 42.5 Å². The van der Waals surface area contributed by atoms with E-state index in [0.29, 0.717) is 22.9 Å². The van der Waals surface area contributed by atoms with Crippen molar-refractivity contribution in [3.63, 3.8) is 0 Å². The molecule has 0 saturated carbocycles. The highest BCUT2D eigenvalue weighted by molar-refractivity contribution is 5.92. The molecule has 98 valence electrons. The van der Waals surface area contributed by atoms with Crippen LogP contribution >= 0.6 is 0 Å². The summed E-state index contributed by atoms with van der Waals surface area (Å²) in [6.45, 7) is 0. The van der Waals surface area contributed by atoms with Crippen molar-refractivity contribution in [3.8, 4) is 23.3 Å². The summed E-state index contributed by atoms with van der Waals surface area (Å²) < 4.78 is 5.67. The number of nitrogens with one attached hydrogen (secondary N) is 1. The second-order valence-electron chi connectivity index (χ2n) is 4.33. The number of nitrogens with two attached hydrogens (primary N) is 1. The largest absolute Gasteiger partial charge is 0.508 e. The van der Waals surface area contributed by atoms with Gasteiger partial charge in [0.1, 0.15) is 34.7 Å². The lowest BCUT2D eigenvalue weighted by molar-refractivity contribution is 0.464. The molecule has 0 aliphatic carbocycles. The quantitative estimate of drug-likeness (QED) is 0.663. The number of H-pyrrole nitrogens is 1. The predicted octanol–water partition coefficient (Wildman–Crippen LogP) is 3.12. The van der Waals surface area contributed by atoms with E-state index in [-0.39, 0.29) is 5.75 Å². The normalized spacial score (nSPS) is 10.3. The average molecular weight is 265 g/mol. The Hall–Kier alpha value is -3.13. The van der Waals surface area contributed by atoms with Gasteiger partial charge in [0.05, 0.1) is 0 Å². The molecule has 2 aromatic carbocycles. The van der Waals surface area contributed by atoms with Gasteiger partial charge in [-0.15, -0.1) is 0 Å². The number of nitrogens with zero attached hydrogens (tertiary/aromatic N) is 1. The van der Waals surface area contributed by atoms with Crippen molar-refractivity contribution in [2.45, 2.75) is 0 Å². The van der Waals surface area contributed by atoms with Crippen LogP contribution in [0.4, 0.5) is 5.82 Å². The van der Waals surface area contributed by atoms with Crippen LogP contribution in [0.1, 0.15) is 5.56 Å². The highest BCUT2D eigenvalue weighted by atomic mass is 16.5. The molecule has 0 bridgehead atoms. The Labute approximate surface area is 114 Å². The van der Waals surface area contributed by atoms with Crippen molar-refractivity contribution in [3.05, 3.63) is 48.0 Å². The molecule has 1 heterocycles. The number of benzene rings is 2. The van der Waals surface area contributed by atoms with Crippen molar-refractivity contribution in [1.82, 2.24) is 4.98 Å². The molecule has 0 saturated heterocycles. The van der Waals surface area contributed by atoms with Crippen LogP contribution in [0, 0.1) is 11.3 Å². The molecule has 0 radical (unpaired) electrons. The number of fused-ring (bicyclic) bond motifs is 1. The Bertz CT molecular complexity index is 813. The number of phenols is 1. The Morgan fingerprint density at radius 3 is 2.50 bits per heavy atom. The molecule has 0 unspecified atom stereocenters. The van der Waals surface area contributed by atoms with Crippen molar-refractivity contribution in [2.75, 3.05) is 5.73 Å². The van der Waals surface area contributed by atoms with Gasteiger partial charge in [-0.25, -0.2) is 0 Å². The van der Waals surface area contributed by atoms with Crippen LogP contribution in [-0.4, -0.2) is 10.1 Å². The fourth-order valence-electron chi connectivity index (χ4n) is 2.03. The number of ether oxygens (including phenoxy) is 1. The van der Waals surface area contributed by atoms with Crippen LogP contribution in [0.5, 0.6) is 17.2 Å².